The average molecular weight is 310 g/mol. The molecule has 22 heavy (non-hydrogen) atoms. The van der Waals surface area contributed by atoms with Crippen LogP contribution in [0.2, 0.25) is 0 Å². The standard InChI is InChI=1S/C15H13F3N2O2/c16-15(17,18)13-9-20(7-8-22-13)14(21)12-6-5-10-3-1-2-4-11(10)19-12/h1-6,13H,7-9H2/t13-/m0/s1. The Kier molecular flexibility index (Phi) is 3.74. The molecule has 2 heterocycles. The number of carbonyl (C=O) groups excluding carboxylic acids is 1. The molecule has 3 rings (SSSR count). The van der Waals surface area contributed by atoms with Crippen molar-refractivity contribution in [2.24, 2.45) is 0 Å². The number of halogens is 3. The van der Waals surface area contributed by atoms with Crippen molar-refractivity contribution in [3.63, 3.8) is 0 Å². The molecular formula is C15H13F3N2O2. The van der Waals surface area contributed by atoms with Crippen LogP contribution in [-0.2, 0) is 4.74 Å². The van der Waals surface area contributed by atoms with Crippen molar-refractivity contribution < 1.29 is 22.7 Å². The number of hydrogen-bond acceptors (Lipinski definition) is 3. The molecule has 4 nitrogen and oxygen atoms in total. The number of pyridine rings is 1. The molecule has 1 amide bonds. The summed E-state index contributed by atoms with van der Waals surface area (Å²) in [5.74, 6) is -0.511. The van der Waals surface area contributed by atoms with Gasteiger partial charge in [0.25, 0.3) is 5.91 Å². The number of carbonyl (C=O) groups is 1. The van der Waals surface area contributed by atoms with E-state index in [-0.39, 0.29) is 18.8 Å². The van der Waals surface area contributed by atoms with Crippen LogP contribution in [0.3, 0.4) is 0 Å². The van der Waals surface area contributed by atoms with Gasteiger partial charge >= 0.3 is 6.18 Å². The summed E-state index contributed by atoms with van der Waals surface area (Å²) in [5, 5.41) is 0.870. The van der Waals surface area contributed by atoms with Gasteiger partial charge in [-0.25, -0.2) is 4.98 Å². The highest BCUT2D eigenvalue weighted by Gasteiger charge is 2.44. The summed E-state index contributed by atoms with van der Waals surface area (Å²) in [6.07, 6.45) is -6.42. The van der Waals surface area contributed by atoms with E-state index in [4.69, 9.17) is 0 Å². The van der Waals surface area contributed by atoms with E-state index in [2.05, 4.69) is 9.72 Å². The SMILES string of the molecule is O=C(c1ccc2ccccc2n1)N1CCO[C@H](C(F)(F)F)C1. The largest absolute Gasteiger partial charge is 0.416 e. The van der Waals surface area contributed by atoms with Crippen LogP contribution in [0.4, 0.5) is 13.2 Å². The number of para-hydroxylation sites is 1. The fraction of sp³-hybridized carbons (Fsp3) is 0.333. The third kappa shape index (κ3) is 2.89. The van der Waals surface area contributed by atoms with Gasteiger partial charge in [0.1, 0.15) is 5.69 Å². The van der Waals surface area contributed by atoms with Gasteiger partial charge < -0.3 is 9.64 Å². The van der Waals surface area contributed by atoms with Crippen molar-refractivity contribution in [2.75, 3.05) is 19.7 Å². The third-order valence-electron chi connectivity index (χ3n) is 3.54. The fourth-order valence-electron chi connectivity index (χ4n) is 2.38. The van der Waals surface area contributed by atoms with Gasteiger partial charge in [-0.1, -0.05) is 24.3 Å². The number of amides is 1. The Balaban J connectivity index is 1.82. The highest BCUT2D eigenvalue weighted by Crippen LogP contribution is 2.26. The van der Waals surface area contributed by atoms with Gasteiger partial charge in [0.05, 0.1) is 18.7 Å². The summed E-state index contributed by atoms with van der Waals surface area (Å²) in [4.78, 5) is 17.7. The number of alkyl halides is 3. The maximum absolute atomic E-state index is 12.7. The zero-order valence-corrected chi connectivity index (χ0v) is 11.5. The first kappa shape index (κ1) is 14.8. The van der Waals surface area contributed by atoms with Gasteiger partial charge in [0.2, 0.25) is 0 Å². The molecule has 7 heteroatoms. The Bertz CT molecular complexity index is 702. The molecule has 0 N–H and O–H groups in total. The average Bonchev–Trinajstić information content (AvgIpc) is 2.53. The molecule has 0 spiro atoms. The lowest BCUT2D eigenvalue weighted by Gasteiger charge is -2.33. The van der Waals surface area contributed by atoms with Crippen molar-refractivity contribution in [1.29, 1.82) is 0 Å². The molecule has 1 fully saturated rings. The molecule has 1 saturated heterocycles. The number of benzene rings is 1. The molecule has 1 aromatic heterocycles. The van der Waals surface area contributed by atoms with Crippen molar-refractivity contribution in [3.05, 3.63) is 42.1 Å². The summed E-state index contributed by atoms with van der Waals surface area (Å²) in [6, 6.07) is 10.5. The third-order valence-corrected chi connectivity index (χ3v) is 3.54. The molecule has 0 saturated carbocycles. The summed E-state index contributed by atoms with van der Waals surface area (Å²) < 4.78 is 42.8. The van der Waals surface area contributed by atoms with Gasteiger partial charge in [0, 0.05) is 11.9 Å². The monoisotopic (exact) mass is 310 g/mol. The van der Waals surface area contributed by atoms with Gasteiger partial charge in [0.15, 0.2) is 6.10 Å². The molecule has 0 unspecified atom stereocenters. The Morgan fingerprint density at radius 1 is 1.23 bits per heavy atom. The van der Waals surface area contributed by atoms with E-state index in [0.717, 1.165) is 10.3 Å². The molecule has 0 bridgehead atoms. The first-order valence-electron chi connectivity index (χ1n) is 6.78. The van der Waals surface area contributed by atoms with Crippen molar-refractivity contribution >= 4 is 16.8 Å². The molecule has 1 aromatic carbocycles. The normalized spacial score (nSPS) is 19.4. The molecule has 1 aliphatic heterocycles. The molecule has 1 atom stereocenters. The van der Waals surface area contributed by atoms with E-state index in [1.807, 2.05) is 12.1 Å². The molecule has 116 valence electrons. The van der Waals surface area contributed by atoms with Crippen molar-refractivity contribution in [2.45, 2.75) is 12.3 Å². The summed E-state index contributed by atoms with van der Waals surface area (Å²) in [6.45, 7) is -0.514. The van der Waals surface area contributed by atoms with Gasteiger partial charge in [-0.05, 0) is 12.1 Å². The van der Waals surface area contributed by atoms with Crippen LogP contribution in [0.1, 0.15) is 10.5 Å². The summed E-state index contributed by atoms with van der Waals surface area (Å²) in [5.41, 5.74) is 0.774. The minimum absolute atomic E-state index is 0.125. The van der Waals surface area contributed by atoms with Crippen LogP contribution in [0, 0.1) is 0 Å². The van der Waals surface area contributed by atoms with E-state index in [9.17, 15) is 18.0 Å². The first-order valence-corrected chi connectivity index (χ1v) is 6.78. The zero-order valence-electron chi connectivity index (χ0n) is 11.5. The second-order valence-electron chi connectivity index (χ2n) is 5.04. The van der Waals surface area contributed by atoms with Crippen molar-refractivity contribution in [1.82, 2.24) is 9.88 Å². The van der Waals surface area contributed by atoms with Crippen LogP contribution in [-0.4, -0.2) is 47.8 Å². The number of rotatable bonds is 1. The quantitative estimate of drug-likeness (QED) is 0.813. The van der Waals surface area contributed by atoms with E-state index in [1.165, 1.54) is 6.07 Å². The Labute approximate surface area is 124 Å². The minimum atomic E-state index is -4.48. The molecule has 2 aromatic rings. The smallest absolute Gasteiger partial charge is 0.365 e. The molecule has 0 radical (unpaired) electrons. The van der Waals surface area contributed by atoms with Crippen molar-refractivity contribution in [3.8, 4) is 0 Å². The predicted molar refractivity (Wildman–Crippen MR) is 73.4 cm³/mol. The minimum Gasteiger partial charge on any atom is -0.365 e. The number of ether oxygens (including phenoxy) is 1. The zero-order chi connectivity index (χ0) is 15.7. The second-order valence-corrected chi connectivity index (χ2v) is 5.04. The fourth-order valence-corrected chi connectivity index (χ4v) is 2.38. The predicted octanol–water partition coefficient (Wildman–Crippen LogP) is 2.64. The van der Waals surface area contributed by atoms with Crippen LogP contribution in [0.15, 0.2) is 36.4 Å². The van der Waals surface area contributed by atoms with Crippen LogP contribution in [0.25, 0.3) is 10.9 Å². The van der Waals surface area contributed by atoms with Gasteiger partial charge in [-0.2, -0.15) is 13.2 Å². The lowest BCUT2D eigenvalue weighted by Crippen LogP contribution is -2.51. The summed E-state index contributed by atoms with van der Waals surface area (Å²) in [7, 11) is 0. The highest BCUT2D eigenvalue weighted by molar-refractivity contribution is 5.95. The Hall–Kier alpha value is -2.15. The number of aromatic nitrogens is 1. The Morgan fingerprint density at radius 2 is 2.00 bits per heavy atom. The highest BCUT2D eigenvalue weighted by atomic mass is 19.4. The lowest BCUT2D eigenvalue weighted by atomic mass is 10.2. The Morgan fingerprint density at radius 3 is 2.77 bits per heavy atom. The number of hydrogen-bond donors (Lipinski definition) is 0. The van der Waals surface area contributed by atoms with Crippen LogP contribution in [0.5, 0.6) is 0 Å². The summed E-state index contributed by atoms with van der Waals surface area (Å²) >= 11 is 0. The molecule has 1 aliphatic rings. The maximum atomic E-state index is 12.7. The van der Waals surface area contributed by atoms with Gasteiger partial charge in [-0.3, -0.25) is 4.79 Å². The van der Waals surface area contributed by atoms with Crippen LogP contribution < -0.4 is 0 Å². The van der Waals surface area contributed by atoms with E-state index in [0.29, 0.717) is 5.52 Å². The molecular weight excluding hydrogens is 297 g/mol. The van der Waals surface area contributed by atoms with E-state index in [1.54, 1.807) is 18.2 Å². The lowest BCUT2D eigenvalue weighted by molar-refractivity contribution is -0.233. The molecule has 0 aliphatic carbocycles. The number of nitrogens with zero attached hydrogens (tertiary/aromatic N) is 2. The van der Waals surface area contributed by atoms with Gasteiger partial charge in [-0.15, -0.1) is 0 Å². The van der Waals surface area contributed by atoms with Crippen LogP contribution >= 0.6 is 0 Å². The first-order chi connectivity index (χ1) is 10.4. The van der Waals surface area contributed by atoms with E-state index < -0.39 is 24.7 Å². The number of fused-ring (bicyclic) bond motifs is 1. The second kappa shape index (κ2) is 5.57. The van der Waals surface area contributed by atoms with E-state index >= 15 is 0 Å². The number of morpholine rings is 1. The maximum Gasteiger partial charge on any atom is 0.416 e. The topological polar surface area (TPSA) is 42.4 Å².